The molecule has 0 saturated heterocycles. The summed E-state index contributed by atoms with van der Waals surface area (Å²) in [6.07, 6.45) is 0. The van der Waals surface area contributed by atoms with Crippen molar-refractivity contribution in [3.63, 3.8) is 0 Å². The molecule has 1 aromatic carbocycles. The zero-order chi connectivity index (χ0) is 13.9. The minimum Gasteiger partial charge on any atom is -0.479 e. The molecule has 0 aliphatic rings. The molecule has 18 heavy (non-hydrogen) atoms. The van der Waals surface area contributed by atoms with Crippen molar-refractivity contribution in [3.8, 4) is 0 Å². The number of carboxylic acids is 1. The van der Waals surface area contributed by atoms with Crippen LogP contribution in [0.1, 0.15) is 12.5 Å². The van der Waals surface area contributed by atoms with Crippen molar-refractivity contribution >= 4 is 17.6 Å². The number of halogens is 2. The van der Waals surface area contributed by atoms with Crippen molar-refractivity contribution in [1.29, 1.82) is 0 Å². The van der Waals surface area contributed by atoms with Crippen LogP contribution in [0.3, 0.4) is 0 Å². The monoisotopic (exact) mass is 275 g/mol. The van der Waals surface area contributed by atoms with E-state index in [0.717, 1.165) is 0 Å². The third-order valence-corrected chi connectivity index (χ3v) is 2.88. The summed E-state index contributed by atoms with van der Waals surface area (Å²) in [7, 11) is 1.58. The largest absolute Gasteiger partial charge is 0.479 e. The van der Waals surface area contributed by atoms with Crippen LogP contribution in [0.5, 0.6) is 0 Å². The van der Waals surface area contributed by atoms with Gasteiger partial charge < -0.3 is 10.2 Å². The molecule has 0 fully saturated rings. The second-order valence-electron chi connectivity index (χ2n) is 4.45. The number of nitrogens with zero attached hydrogens (tertiary/aromatic N) is 1. The van der Waals surface area contributed by atoms with Gasteiger partial charge in [-0.1, -0.05) is 17.7 Å². The Morgan fingerprint density at radius 1 is 1.56 bits per heavy atom. The number of hydrogen-bond acceptors (Lipinski definition) is 3. The van der Waals surface area contributed by atoms with Gasteiger partial charge >= 0.3 is 5.97 Å². The maximum atomic E-state index is 13.5. The first-order chi connectivity index (χ1) is 8.24. The lowest BCUT2D eigenvalue weighted by atomic mass is 10.1. The Kier molecular flexibility index (Phi) is 4.67. The summed E-state index contributed by atoms with van der Waals surface area (Å²) in [5.74, 6) is -1.78. The van der Waals surface area contributed by atoms with Crippen LogP contribution < -0.4 is 0 Å². The van der Waals surface area contributed by atoms with Gasteiger partial charge in [0.25, 0.3) is 0 Å². The van der Waals surface area contributed by atoms with E-state index < -0.39 is 17.4 Å². The normalized spacial score (nSPS) is 14.6. The molecule has 1 atom stereocenters. The highest BCUT2D eigenvalue weighted by Gasteiger charge is 2.31. The topological polar surface area (TPSA) is 60.8 Å². The summed E-state index contributed by atoms with van der Waals surface area (Å²) < 4.78 is 13.5. The summed E-state index contributed by atoms with van der Waals surface area (Å²) in [5, 5.41) is 18.7. The highest BCUT2D eigenvalue weighted by Crippen LogP contribution is 2.21. The molecular formula is C12H15ClFNO3. The molecule has 1 unspecified atom stereocenters. The van der Waals surface area contributed by atoms with Gasteiger partial charge in [-0.15, -0.1) is 0 Å². The summed E-state index contributed by atoms with van der Waals surface area (Å²) >= 11 is 5.86. The van der Waals surface area contributed by atoms with Gasteiger partial charge in [0.05, 0.1) is 0 Å². The van der Waals surface area contributed by atoms with Crippen LogP contribution in [-0.4, -0.2) is 40.3 Å². The van der Waals surface area contributed by atoms with Crippen molar-refractivity contribution in [2.24, 2.45) is 0 Å². The van der Waals surface area contributed by atoms with Gasteiger partial charge in [0.2, 0.25) is 0 Å². The number of hydrogen-bond donors (Lipinski definition) is 2. The van der Waals surface area contributed by atoms with Gasteiger partial charge in [-0.3, -0.25) is 4.90 Å². The Morgan fingerprint density at radius 3 is 2.67 bits per heavy atom. The fraction of sp³-hybridized carbons (Fsp3) is 0.417. The Hall–Kier alpha value is -1.17. The Bertz CT molecular complexity index is 431. The van der Waals surface area contributed by atoms with E-state index in [4.69, 9.17) is 16.7 Å². The van der Waals surface area contributed by atoms with E-state index in [1.165, 1.54) is 24.0 Å². The first-order valence-corrected chi connectivity index (χ1v) is 5.69. The molecule has 0 bridgehead atoms. The van der Waals surface area contributed by atoms with E-state index in [1.807, 2.05) is 0 Å². The third-order valence-electron chi connectivity index (χ3n) is 2.53. The molecule has 0 saturated carbocycles. The summed E-state index contributed by atoms with van der Waals surface area (Å²) in [6.45, 7) is 1.18. The molecule has 6 heteroatoms. The minimum absolute atomic E-state index is 0.120. The molecule has 1 aromatic rings. The Morgan fingerprint density at radius 2 is 2.17 bits per heavy atom. The van der Waals surface area contributed by atoms with Crippen molar-refractivity contribution < 1.29 is 19.4 Å². The molecule has 4 nitrogen and oxygen atoms in total. The maximum Gasteiger partial charge on any atom is 0.336 e. The number of aliphatic hydroxyl groups is 1. The molecule has 0 heterocycles. The number of rotatable bonds is 5. The summed E-state index contributed by atoms with van der Waals surface area (Å²) in [6, 6.07) is 4.34. The molecule has 0 aromatic heterocycles. The van der Waals surface area contributed by atoms with E-state index in [1.54, 1.807) is 13.1 Å². The van der Waals surface area contributed by atoms with Gasteiger partial charge in [0.15, 0.2) is 5.60 Å². The average Bonchev–Trinajstić information content (AvgIpc) is 2.22. The fourth-order valence-corrected chi connectivity index (χ4v) is 1.83. The third kappa shape index (κ3) is 3.66. The zero-order valence-corrected chi connectivity index (χ0v) is 10.9. The summed E-state index contributed by atoms with van der Waals surface area (Å²) in [4.78, 5) is 12.3. The van der Waals surface area contributed by atoms with Crippen molar-refractivity contribution in [3.05, 3.63) is 34.6 Å². The Balaban J connectivity index is 2.77. The second-order valence-corrected chi connectivity index (χ2v) is 4.86. The summed E-state index contributed by atoms with van der Waals surface area (Å²) in [5.41, 5.74) is -1.60. The predicted molar refractivity (Wildman–Crippen MR) is 66.0 cm³/mol. The minimum atomic E-state index is -1.88. The van der Waals surface area contributed by atoms with Crippen LogP contribution in [0.2, 0.25) is 5.02 Å². The smallest absolute Gasteiger partial charge is 0.336 e. The number of aliphatic carboxylic acids is 1. The number of carbonyl (C=O) groups is 1. The average molecular weight is 276 g/mol. The van der Waals surface area contributed by atoms with E-state index in [2.05, 4.69) is 0 Å². The SMILES string of the molecule is CN(Cc1c(F)cccc1Cl)CC(C)(O)C(=O)O. The van der Waals surface area contributed by atoms with Gasteiger partial charge in [0.1, 0.15) is 5.82 Å². The van der Waals surface area contributed by atoms with E-state index >= 15 is 0 Å². The van der Waals surface area contributed by atoms with Crippen LogP contribution in [0.15, 0.2) is 18.2 Å². The highest BCUT2D eigenvalue weighted by molar-refractivity contribution is 6.31. The van der Waals surface area contributed by atoms with Crippen molar-refractivity contribution in [2.75, 3.05) is 13.6 Å². The lowest BCUT2D eigenvalue weighted by molar-refractivity contribution is -0.158. The number of carboxylic acid groups (broad SMARTS) is 1. The first-order valence-electron chi connectivity index (χ1n) is 5.31. The van der Waals surface area contributed by atoms with E-state index in [0.29, 0.717) is 0 Å². The van der Waals surface area contributed by atoms with Crippen molar-refractivity contribution in [2.45, 2.75) is 19.1 Å². The van der Waals surface area contributed by atoms with Crippen LogP contribution >= 0.6 is 11.6 Å². The van der Waals surface area contributed by atoms with Gasteiger partial charge in [0, 0.05) is 23.7 Å². The predicted octanol–water partition coefficient (Wildman–Crippen LogP) is 1.75. The Labute approximate surface area is 110 Å². The van der Waals surface area contributed by atoms with Gasteiger partial charge in [-0.05, 0) is 26.1 Å². The van der Waals surface area contributed by atoms with Crippen LogP contribution in [0, 0.1) is 5.82 Å². The lowest BCUT2D eigenvalue weighted by Gasteiger charge is -2.25. The fourth-order valence-electron chi connectivity index (χ4n) is 1.60. The molecule has 0 radical (unpaired) electrons. The molecule has 0 spiro atoms. The molecule has 100 valence electrons. The van der Waals surface area contributed by atoms with Crippen molar-refractivity contribution in [1.82, 2.24) is 4.90 Å². The lowest BCUT2D eigenvalue weighted by Crippen LogP contribution is -2.45. The van der Waals surface area contributed by atoms with Crippen LogP contribution in [0.4, 0.5) is 4.39 Å². The molecule has 1 rings (SSSR count). The standard InChI is InChI=1S/C12H15ClFNO3/c1-12(18,11(16)17)7-15(2)6-8-9(13)4-3-5-10(8)14/h3-5,18H,6-7H2,1-2H3,(H,16,17). The molecular weight excluding hydrogens is 261 g/mol. The quantitative estimate of drug-likeness (QED) is 0.859. The maximum absolute atomic E-state index is 13.5. The first kappa shape index (κ1) is 14.9. The van der Waals surface area contributed by atoms with E-state index in [9.17, 15) is 14.3 Å². The molecule has 0 amide bonds. The van der Waals surface area contributed by atoms with E-state index in [-0.39, 0.29) is 23.7 Å². The van der Waals surface area contributed by atoms with Gasteiger partial charge in [-0.25, -0.2) is 9.18 Å². The number of benzene rings is 1. The molecule has 0 aliphatic carbocycles. The van der Waals surface area contributed by atoms with Crippen LogP contribution in [0.25, 0.3) is 0 Å². The number of likely N-dealkylation sites (N-methyl/N-ethyl adjacent to an activating group) is 1. The zero-order valence-electron chi connectivity index (χ0n) is 10.2. The molecule has 2 N–H and O–H groups in total. The van der Waals surface area contributed by atoms with Crippen LogP contribution in [-0.2, 0) is 11.3 Å². The van der Waals surface area contributed by atoms with Gasteiger partial charge in [-0.2, -0.15) is 0 Å². The molecule has 0 aliphatic heterocycles. The highest BCUT2D eigenvalue weighted by atomic mass is 35.5. The second kappa shape index (κ2) is 5.65.